The molecule has 14 nitrogen and oxygen atoms in total. The summed E-state index contributed by atoms with van der Waals surface area (Å²) in [6.07, 6.45) is 1.49. The number of carbonyl (C=O) groups is 4. The molecular weight excluding hydrogens is 890 g/mol. The van der Waals surface area contributed by atoms with Crippen LogP contribution in [0.5, 0.6) is 11.5 Å². The number of benzene rings is 3. The Morgan fingerprint density at radius 1 is 0.985 bits per heavy atom. The van der Waals surface area contributed by atoms with Crippen LogP contribution in [0.2, 0.25) is 5.02 Å². The highest BCUT2D eigenvalue weighted by Gasteiger charge is 2.64. The molecule has 2 aliphatic rings. The zero-order valence-electron chi connectivity index (χ0n) is 39.7. The van der Waals surface area contributed by atoms with Gasteiger partial charge < -0.3 is 40.7 Å². The van der Waals surface area contributed by atoms with E-state index < -0.39 is 29.5 Å². The average molecular weight is 955 g/mol. The van der Waals surface area contributed by atoms with Gasteiger partial charge in [-0.25, -0.2) is 4.98 Å². The number of nitrogens with one attached hydrogen (secondary N) is 4. The molecule has 358 valence electrons. The molecule has 3 atom stereocenters. The van der Waals surface area contributed by atoms with Crippen LogP contribution in [0.1, 0.15) is 101 Å². The van der Waals surface area contributed by atoms with Gasteiger partial charge in [0.1, 0.15) is 35.8 Å². The largest absolute Gasteiger partial charge is 0.494 e. The number of amides is 4. The molecule has 67 heavy (non-hydrogen) atoms. The van der Waals surface area contributed by atoms with Gasteiger partial charge in [0.2, 0.25) is 17.7 Å². The number of rotatable bonds is 19. The summed E-state index contributed by atoms with van der Waals surface area (Å²) in [7, 11) is 0. The molecule has 1 saturated heterocycles. The van der Waals surface area contributed by atoms with E-state index >= 15 is 0 Å². The maximum absolute atomic E-state index is 14.0. The smallest absolute Gasteiger partial charge is 0.251 e. The third kappa shape index (κ3) is 12.3. The van der Waals surface area contributed by atoms with Gasteiger partial charge in [-0.2, -0.15) is 5.26 Å². The lowest BCUT2D eigenvalue weighted by Crippen LogP contribution is -2.74. The minimum absolute atomic E-state index is 0.00261. The van der Waals surface area contributed by atoms with Crippen LogP contribution in [-0.2, 0) is 20.9 Å². The number of β-amino-alcohol motifs (C(OH)–C–C–N with tert-alkyl or cyclic N) is 1. The molecule has 0 radical (unpaired) electrons. The second kappa shape index (κ2) is 21.6. The van der Waals surface area contributed by atoms with Crippen molar-refractivity contribution in [3.63, 3.8) is 0 Å². The van der Waals surface area contributed by atoms with E-state index in [1.807, 2.05) is 57.5 Å². The van der Waals surface area contributed by atoms with Gasteiger partial charge in [-0.15, -0.1) is 11.3 Å². The van der Waals surface area contributed by atoms with Gasteiger partial charge in [0.15, 0.2) is 0 Å². The first-order valence-corrected chi connectivity index (χ1v) is 24.1. The van der Waals surface area contributed by atoms with E-state index in [-0.39, 0.29) is 66.8 Å². The summed E-state index contributed by atoms with van der Waals surface area (Å²) in [5, 5.41) is 32.3. The molecule has 1 saturated carbocycles. The number of hydrogen-bond acceptors (Lipinski definition) is 11. The number of likely N-dealkylation sites (tertiary alicyclic amines) is 1. The number of ether oxygens (including phenoxy) is 2. The van der Waals surface area contributed by atoms with Crippen molar-refractivity contribution >= 4 is 46.6 Å². The van der Waals surface area contributed by atoms with Crippen LogP contribution in [0.25, 0.3) is 10.4 Å². The molecular formula is C51H64ClN7O7S. The standard InChI is InChI=1S/C51H64ClN7O7S/c1-31-42(67-30-56-31)33-14-12-32(13-15-33)27-55-45(63)40-24-36(60)29-59(40)46(64)43(49(2,3)4)57-41(61)28-54-22-10-9-11-23-65-37-19-16-34(17-20-37)44(62)58-47-50(5,6)48(51(47,7)8)66-38-21-18-35(26-53)39(52)25-38/h12-21,25,30,36,40,43,47-48,54,60H,9-11,22-24,27-29H2,1-8H3,(H,55,63)(H,57,61)(H,58,62)/t36-,40+,43-,47-,48-/m1/s1. The highest BCUT2D eigenvalue weighted by molar-refractivity contribution is 7.13. The molecule has 4 amide bonds. The first kappa shape index (κ1) is 50.9. The van der Waals surface area contributed by atoms with Crippen molar-refractivity contribution in [3.05, 3.63) is 99.6 Å². The van der Waals surface area contributed by atoms with E-state index in [4.69, 9.17) is 21.1 Å². The number of nitriles is 1. The number of thiazole rings is 1. The maximum Gasteiger partial charge on any atom is 0.251 e. The van der Waals surface area contributed by atoms with Crippen molar-refractivity contribution in [2.24, 2.45) is 16.2 Å². The summed E-state index contributed by atoms with van der Waals surface area (Å²) < 4.78 is 12.3. The Labute approximate surface area is 403 Å². The minimum Gasteiger partial charge on any atom is -0.494 e. The SMILES string of the molecule is Cc1ncsc1-c1ccc(CNC(=O)[C@@H]2C[C@@H](O)CN2C(=O)[C@@H](NC(=O)CNCCCCCOc2ccc(C(=O)N[C@H]3C(C)(C)[C@H](Oc4ccc(C#N)c(Cl)c4)C3(C)C)cc2)C(C)(C)C)cc1. The predicted molar refractivity (Wildman–Crippen MR) is 260 cm³/mol. The van der Waals surface area contributed by atoms with Crippen molar-refractivity contribution in [1.29, 1.82) is 5.26 Å². The number of aliphatic hydroxyl groups excluding tert-OH is 1. The summed E-state index contributed by atoms with van der Waals surface area (Å²) in [5.74, 6) is -0.0510. The number of nitrogens with zero attached hydrogens (tertiary/aromatic N) is 3. The summed E-state index contributed by atoms with van der Waals surface area (Å²) in [4.78, 5) is 60.7. The number of aliphatic hydroxyl groups is 1. The fraction of sp³-hybridized carbons (Fsp3) is 0.490. The Bertz CT molecular complexity index is 2410. The van der Waals surface area contributed by atoms with E-state index in [0.29, 0.717) is 40.8 Å². The van der Waals surface area contributed by atoms with Crippen LogP contribution in [-0.4, -0.2) is 95.2 Å². The number of carbonyl (C=O) groups excluding carboxylic acids is 4. The van der Waals surface area contributed by atoms with Gasteiger partial charge in [-0.1, -0.05) is 84.3 Å². The lowest BCUT2D eigenvalue weighted by atomic mass is 9.49. The summed E-state index contributed by atoms with van der Waals surface area (Å²) >= 11 is 7.81. The topological polar surface area (TPSA) is 195 Å². The van der Waals surface area contributed by atoms with Crippen molar-refractivity contribution in [2.45, 2.75) is 118 Å². The molecule has 0 unspecified atom stereocenters. The first-order valence-electron chi connectivity index (χ1n) is 22.9. The van der Waals surface area contributed by atoms with Crippen molar-refractivity contribution < 1.29 is 33.8 Å². The Kier molecular flexibility index (Phi) is 16.4. The second-order valence-corrected chi connectivity index (χ2v) is 21.1. The zero-order valence-corrected chi connectivity index (χ0v) is 41.3. The van der Waals surface area contributed by atoms with E-state index in [2.05, 4.69) is 60.0 Å². The maximum atomic E-state index is 14.0. The fourth-order valence-electron chi connectivity index (χ4n) is 9.43. The van der Waals surface area contributed by atoms with Gasteiger partial charge in [-0.05, 0) is 85.7 Å². The van der Waals surface area contributed by atoms with E-state index in [9.17, 15) is 29.5 Å². The van der Waals surface area contributed by atoms with Crippen LogP contribution in [0, 0.1) is 34.5 Å². The van der Waals surface area contributed by atoms with Gasteiger partial charge >= 0.3 is 0 Å². The molecule has 16 heteroatoms. The Hall–Kier alpha value is -5.53. The summed E-state index contributed by atoms with van der Waals surface area (Å²) in [6.45, 7) is 17.2. The van der Waals surface area contributed by atoms with Crippen molar-refractivity contribution in [3.8, 4) is 28.0 Å². The van der Waals surface area contributed by atoms with Crippen LogP contribution < -0.4 is 30.7 Å². The van der Waals surface area contributed by atoms with Crippen LogP contribution in [0.15, 0.2) is 72.2 Å². The van der Waals surface area contributed by atoms with E-state index in [1.54, 1.807) is 53.8 Å². The van der Waals surface area contributed by atoms with Crippen LogP contribution in [0.3, 0.4) is 0 Å². The average Bonchev–Trinajstić information content (AvgIpc) is 3.91. The zero-order chi connectivity index (χ0) is 48.7. The van der Waals surface area contributed by atoms with Crippen molar-refractivity contribution in [1.82, 2.24) is 31.2 Å². The molecule has 3 aromatic carbocycles. The van der Waals surface area contributed by atoms with Crippen molar-refractivity contribution in [2.75, 3.05) is 26.2 Å². The fourth-order valence-corrected chi connectivity index (χ4v) is 10.5. The third-order valence-corrected chi connectivity index (χ3v) is 14.1. The molecule has 2 fully saturated rings. The van der Waals surface area contributed by atoms with Gasteiger partial charge in [0.05, 0.1) is 45.9 Å². The summed E-state index contributed by atoms with van der Waals surface area (Å²) in [6, 6.07) is 20.1. The Balaban J connectivity index is 0.878. The molecule has 2 heterocycles. The lowest BCUT2D eigenvalue weighted by molar-refractivity contribution is -0.164. The molecule has 6 rings (SSSR count). The number of unbranched alkanes of at least 4 members (excludes halogenated alkanes) is 2. The van der Waals surface area contributed by atoms with Crippen LogP contribution in [0.4, 0.5) is 0 Å². The molecule has 0 bridgehead atoms. The molecule has 4 aromatic rings. The normalized spacial score (nSPS) is 19.9. The molecule has 1 aromatic heterocycles. The molecule has 1 aliphatic carbocycles. The Morgan fingerprint density at radius 2 is 1.67 bits per heavy atom. The van der Waals surface area contributed by atoms with E-state index in [1.165, 1.54) is 4.90 Å². The molecule has 1 aliphatic heterocycles. The molecule has 5 N–H and O–H groups in total. The second-order valence-electron chi connectivity index (χ2n) is 19.9. The lowest BCUT2D eigenvalue weighted by Gasteiger charge is -2.63. The molecule has 0 spiro atoms. The minimum atomic E-state index is -0.913. The Morgan fingerprint density at radius 3 is 2.30 bits per heavy atom. The number of aryl methyl sites for hydroxylation is 1. The monoisotopic (exact) mass is 953 g/mol. The number of halogens is 1. The van der Waals surface area contributed by atoms with E-state index in [0.717, 1.165) is 41.0 Å². The number of aromatic nitrogens is 1. The number of hydrogen-bond donors (Lipinski definition) is 5. The quantitative estimate of drug-likeness (QED) is 0.0600. The third-order valence-electron chi connectivity index (χ3n) is 12.8. The van der Waals surface area contributed by atoms with Gasteiger partial charge in [0.25, 0.3) is 5.91 Å². The first-order chi connectivity index (χ1) is 31.7. The predicted octanol–water partition coefficient (Wildman–Crippen LogP) is 7.20. The highest BCUT2D eigenvalue weighted by atomic mass is 35.5. The van der Waals surface area contributed by atoms with Crippen LogP contribution >= 0.6 is 22.9 Å². The highest BCUT2D eigenvalue weighted by Crippen LogP contribution is 2.55. The van der Waals surface area contributed by atoms with Gasteiger partial charge in [0, 0.05) is 48.0 Å². The summed E-state index contributed by atoms with van der Waals surface area (Å²) in [5.41, 5.74) is 4.21. The van der Waals surface area contributed by atoms with Gasteiger partial charge in [-0.3, -0.25) is 19.2 Å².